The third-order valence-electron chi connectivity index (χ3n) is 7.22. The van der Waals surface area contributed by atoms with Crippen LogP contribution in [0.1, 0.15) is 88.6 Å². The minimum Gasteiger partial charge on any atom is -0.467 e. The standard InChI is InChI=1S/C26H36N4O5/c1-19-17-22(29-35-19)28-23(31)12-13-24(32)30(18-21-11-8-16-34-21)26(14-6-2-3-7-15-26)25(33)27-20-9-4-5-10-20/h8,11,16-17,20H,2-7,9-10,12-15,18H2,1H3,(H,27,33)(H,28,29,31). The Labute approximate surface area is 206 Å². The van der Waals surface area contributed by atoms with Crippen LogP contribution in [0.25, 0.3) is 0 Å². The van der Waals surface area contributed by atoms with Crippen molar-refractivity contribution in [2.24, 2.45) is 0 Å². The first-order chi connectivity index (χ1) is 17.0. The maximum atomic E-state index is 13.9. The van der Waals surface area contributed by atoms with Crippen molar-refractivity contribution in [3.63, 3.8) is 0 Å². The Morgan fingerprint density at radius 1 is 1.09 bits per heavy atom. The number of nitrogens with one attached hydrogen (secondary N) is 2. The lowest BCUT2D eigenvalue weighted by atomic mass is 9.85. The van der Waals surface area contributed by atoms with Gasteiger partial charge in [-0.15, -0.1) is 0 Å². The van der Waals surface area contributed by atoms with E-state index in [4.69, 9.17) is 8.94 Å². The van der Waals surface area contributed by atoms with Gasteiger partial charge in [-0.05, 0) is 44.7 Å². The van der Waals surface area contributed by atoms with E-state index in [9.17, 15) is 14.4 Å². The van der Waals surface area contributed by atoms with Crippen molar-refractivity contribution >= 4 is 23.5 Å². The summed E-state index contributed by atoms with van der Waals surface area (Å²) in [5, 5.41) is 9.70. The van der Waals surface area contributed by atoms with Crippen molar-refractivity contribution < 1.29 is 23.3 Å². The zero-order chi connectivity index (χ0) is 24.7. The first-order valence-corrected chi connectivity index (χ1v) is 12.8. The van der Waals surface area contributed by atoms with Crippen LogP contribution in [0.2, 0.25) is 0 Å². The molecule has 2 aliphatic rings. The van der Waals surface area contributed by atoms with E-state index >= 15 is 0 Å². The van der Waals surface area contributed by atoms with E-state index in [1.54, 1.807) is 30.2 Å². The van der Waals surface area contributed by atoms with Gasteiger partial charge in [0.1, 0.15) is 17.1 Å². The molecule has 9 heteroatoms. The van der Waals surface area contributed by atoms with Crippen LogP contribution >= 0.6 is 0 Å². The summed E-state index contributed by atoms with van der Waals surface area (Å²) in [7, 11) is 0. The highest BCUT2D eigenvalue weighted by Gasteiger charge is 2.47. The van der Waals surface area contributed by atoms with E-state index in [2.05, 4.69) is 15.8 Å². The SMILES string of the molecule is Cc1cc(NC(=O)CCC(=O)N(Cc2ccco2)C2(C(=O)NC3CCCC3)CCCCCC2)no1. The molecule has 0 bridgehead atoms. The molecule has 0 unspecified atom stereocenters. The van der Waals surface area contributed by atoms with Crippen LogP contribution in [0, 0.1) is 6.92 Å². The van der Waals surface area contributed by atoms with E-state index in [0.29, 0.717) is 30.2 Å². The zero-order valence-corrected chi connectivity index (χ0v) is 20.5. The van der Waals surface area contributed by atoms with Gasteiger partial charge in [-0.25, -0.2) is 0 Å². The normalized spacial score (nSPS) is 18.1. The molecule has 2 saturated carbocycles. The van der Waals surface area contributed by atoms with E-state index < -0.39 is 5.54 Å². The fourth-order valence-corrected chi connectivity index (χ4v) is 5.35. The van der Waals surface area contributed by atoms with Gasteiger partial charge in [-0.2, -0.15) is 0 Å². The third-order valence-corrected chi connectivity index (χ3v) is 7.22. The van der Waals surface area contributed by atoms with Crippen LogP contribution in [0.3, 0.4) is 0 Å². The lowest BCUT2D eigenvalue weighted by Gasteiger charge is -2.43. The molecule has 0 atom stereocenters. The van der Waals surface area contributed by atoms with Gasteiger partial charge in [-0.3, -0.25) is 14.4 Å². The number of amides is 3. The molecule has 0 aromatic carbocycles. The average Bonchev–Trinajstić information content (AvgIpc) is 3.58. The summed E-state index contributed by atoms with van der Waals surface area (Å²) in [5.74, 6) is 0.923. The number of anilines is 1. The molecule has 3 amide bonds. The zero-order valence-electron chi connectivity index (χ0n) is 20.5. The molecule has 0 radical (unpaired) electrons. The van der Waals surface area contributed by atoms with Crippen LogP contribution in [0.15, 0.2) is 33.4 Å². The number of furan rings is 1. The molecule has 2 aromatic rings. The molecule has 2 aliphatic carbocycles. The molecule has 2 fully saturated rings. The lowest BCUT2D eigenvalue weighted by Crippen LogP contribution is -2.61. The predicted octanol–water partition coefficient (Wildman–Crippen LogP) is 4.48. The second kappa shape index (κ2) is 11.6. The first-order valence-electron chi connectivity index (χ1n) is 12.8. The molecule has 0 saturated heterocycles. The lowest BCUT2D eigenvalue weighted by molar-refractivity contribution is -0.151. The van der Waals surface area contributed by atoms with Gasteiger partial charge in [-0.1, -0.05) is 43.7 Å². The first kappa shape index (κ1) is 25.0. The van der Waals surface area contributed by atoms with Crippen molar-refractivity contribution in [2.45, 2.75) is 102 Å². The van der Waals surface area contributed by atoms with Crippen LogP contribution in [0.5, 0.6) is 0 Å². The monoisotopic (exact) mass is 484 g/mol. The third kappa shape index (κ3) is 6.32. The Bertz CT molecular complexity index is 985. The smallest absolute Gasteiger partial charge is 0.246 e. The average molecular weight is 485 g/mol. The fraction of sp³-hybridized carbons (Fsp3) is 0.615. The van der Waals surface area contributed by atoms with Crippen molar-refractivity contribution in [3.8, 4) is 0 Å². The Morgan fingerprint density at radius 3 is 2.46 bits per heavy atom. The number of carbonyl (C=O) groups excluding carboxylic acids is 3. The van der Waals surface area contributed by atoms with E-state index in [0.717, 1.165) is 51.4 Å². The quantitative estimate of drug-likeness (QED) is 0.507. The number of hydrogen-bond acceptors (Lipinski definition) is 6. The Hall–Kier alpha value is -3.10. The molecular weight excluding hydrogens is 448 g/mol. The van der Waals surface area contributed by atoms with Gasteiger partial charge >= 0.3 is 0 Å². The second-order valence-corrected chi connectivity index (χ2v) is 9.83. The molecule has 190 valence electrons. The van der Waals surface area contributed by atoms with Gasteiger partial charge in [0.15, 0.2) is 5.82 Å². The van der Waals surface area contributed by atoms with Crippen LogP contribution in [0.4, 0.5) is 5.82 Å². The topological polar surface area (TPSA) is 118 Å². The number of rotatable bonds is 9. The Balaban J connectivity index is 1.53. The molecule has 2 heterocycles. The summed E-state index contributed by atoms with van der Waals surface area (Å²) >= 11 is 0. The fourth-order valence-electron chi connectivity index (χ4n) is 5.35. The van der Waals surface area contributed by atoms with E-state index in [-0.39, 0.29) is 43.1 Å². The minimum atomic E-state index is -0.942. The van der Waals surface area contributed by atoms with Gasteiger partial charge in [0, 0.05) is 24.9 Å². The predicted molar refractivity (Wildman–Crippen MR) is 129 cm³/mol. The largest absolute Gasteiger partial charge is 0.467 e. The van der Waals surface area contributed by atoms with Crippen molar-refractivity contribution in [2.75, 3.05) is 5.32 Å². The summed E-state index contributed by atoms with van der Waals surface area (Å²) in [5.41, 5.74) is -0.942. The second-order valence-electron chi connectivity index (χ2n) is 9.83. The minimum absolute atomic E-state index is 0.0121. The van der Waals surface area contributed by atoms with Gasteiger partial charge in [0.05, 0.1) is 12.8 Å². The van der Waals surface area contributed by atoms with Crippen LogP contribution in [-0.2, 0) is 20.9 Å². The van der Waals surface area contributed by atoms with Crippen LogP contribution < -0.4 is 10.6 Å². The molecular formula is C26H36N4O5. The highest BCUT2D eigenvalue weighted by Crippen LogP contribution is 2.36. The summed E-state index contributed by atoms with van der Waals surface area (Å²) < 4.78 is 10.6. The molecule has 0 spiro atoms. The van der Waals surface area contributed by atoms with E-state index in [1.165, 1.54) is 0 Å². The number of hydrogen-bond donors (Lipinski definition) is 2. The van der Waals surface area contributed by atoms with Gasteiger partial charge < -0.3 is 24.5 Å². The number of aryl methyl sites for hydroxylation is 1. The molecule has 9 nitrogen and oxygen atoms in total. The Kier molecular flexibility index (Phi) is 8.25. The van der Waals surface area contributed by atoms with Gasteiger partial charge in [0.25, 0.3) is 0 Å². The van der Waals surface area contributed by atoms with Crippen molar-refractivity contribution in [1.29, 1.82) is 0 Å². The van der Waals surface area contributed by atoms with E-state index in [1.807, 2.05) is 6.07 Å². The maximum Gasteiger partial charge on any atom is 0.246 e. The molecule has 2 N–H and O–H groups in total. The molecule has 0 aliphatic heterocycles. The number of nitrogens with zero attached hydrogens (tertiary/aromatic N) is 2. The van der Waals surface area contributed by atoms with Crippen molar-refractivity contribution in [3.05, 3.63) is 36.0 Å². The molecule has 2 aromatic heterocycles. The highest BCUT2D eigenvalue weighted by molar-refractivity contribution is 5.95. The highest BCUT2D eigenvalue weighted by atomic mass is 16.5. The Morgan fingerprint density at radius 2 is 1.83 bits per heavy atom. The summed E-state index contributed by atoms with van der Waals surface area (Å²) in [6.07, 6.45) is 10.8. The van der Waals surface area contributed by atoms with Crippen molar-refractivity contribution in [1.82, 2.24) is 15.4 Å². The summed E-state index contributed by atoms with van der Waals surface area (Å²) in [4.78, 5) is 41.7. The van der Waals surface area contributed by atoms with Crippen LogP contribution in [-0.4, -0.2) is 39.4 Å². The number of carbonyl (C=O) groups is 3. The summed E-state index contributed by atoms with van der Waals surface area (Å²) in [6.45, 7) is 1.94. The maximum absolute atomic E-state index is 13.9. The summed E-state index contributed by atoms with van der Waals surface area (Å²) in [6, 6.07) is 5.39. The number of aromatic nitrogens is 1. The molecule has 4 rings (SSSR count). The molecule has 35 heavy (non-hydrogen) atoms. The van der Waals surface area contributed by atoms with Gasteiger partial charge in [0.2, 0.25) is 17.7 Å².